The normalized spacial score (nSPS) is 23.5. The van der Waals surface area contributed by atoms with Crippen LogP contribution >= 0.6 is 27.7 Å². The Labute approximate surface area is 174 Å². The molecule has 3 heterocycles. The number of carbonyl (C=O) groups is 2. The molecule has 1 fully saturated rings. The SMILES string of the molecule is C[C@@H](O)[C@H]1C(=O)N2C(C(=O)[O-])=C(SCc3cncc(Br)c3)C[C@H]12.[Na+]. The maximum absolute atomic E-state index is 12.1. The summed E-state index contributed by atoms with van der Waals surface area (Å²) >= 11 is 4.71. The second-order valence-electron chi connectivity index (χ2n) is 5.61. The molecule has 0 radical (unpaired) electrons. The Balaban J connectivity index is 0.00000208. The van der Waals surface area contributed by atoms with E-state index in [1.807, 2.05) is 6.07 Å². The number of amides is 1. The van der Waals surface area contributed by atoms with E-state index in [1.54, 1.807) is 19.3 Å². The van der Waals surface area contributed by atoms with Crippen molar-refractivity contribution in [3.63, 3.8) is 0 Å². The first-order chi connectivity index (χ1) is 10.9. The topological polar surface area (TPSA) is 93.6 Å². The number of nitrogens with zero attached hydrogens (tertiary/aromatic N) is 2. The van der Waals surface area contributed by atoms with Crippen LogP contribution in [-0.4, -0.2) is 39.0 Å². The Morgan fingerprint density at radius 1 is 1.58 bits per heavy atom. The van der Waals surface area contributed by atoms with Crippen molar-refractivity contribution < 1.29 is 49.4 Å². The number of thioether (sulfide) groups is 1. The first-order valence-electron chi connectivity index (χ1n) is 7.08. The van der Waals surface area contributed by atoms with Gasteiger partial charge in [0.15, 0.2) is 0 Å². The summed E-state index contributed by atoms with van der Waals surface area (Å²) in [6, 6.07) is 1.63. The molecule has 2 aliphatic rings. The van der Waals surface area contributed by atoms with E-state index < -0.39 is 18.0 Å². The minimum Gasteiger partial charge on any atom is -0.543 e. The summed E-state index contributed by atoms with van der Waals surface area (Å²) in [5.74, 6) is -1.68. The van der Waals surface area contributed by atoms with Crippen LogP contribution in [0.3, 0.4) is 0 Å². The van der Waals surface area contributed by atoms with Gasteiger partial charge < -0.3 is 19.9 Å². The molecule has 3 atom stereocenters. The van der Waals surface area contributed by atoms with Crippen LogP contribution in [0.4, 0.5) is 0 Å². The quantitative estimate of drug-likeness (QED) is 0.423. The van der Waals surface area contributed by atoms with Gasteiger partial charge in [-0.25, -0.2) is 0 Å². The number of β-lactam (4-membered cyclic amide) rings is 1. The van der Waals surface area contributed by atoms with Crippen LogP contribution < -0.4 is 34.7 Å². The monoisotopic (exact) mass is 420 g/mol. The maximum atomic E-state index is 12.1. The van der Waals surface area contributed by atoms with Gasteiger partial charge in [-0.3, -0.25) is 9.78 Å². The van der Waals surface area contributed by atoms with E-state index in [0.29, 0.717) is 17.1 Å². The van der Waals surface area contributed by atoms with Crippen LogP contribution in [0.2, 0.25) is 0 Å². The standard InChI is InChI=1S/C15H15BrN2O4S.Na/c1-7(19)12-10-3-11(13(15(21)22)18(10)14(12)20)23-6-8-2-9(16)5-17-4-8;/h2,4-5,7,10,12,19H,3,6H2,1H3,(H,21,22);/q;+1/p-1/t7-,10-,12-;/m1./s1. The summed E-state index contributed by atoms with van der Waals surface area (Å²) in [6.07, 6.45) is 3.04. The van der Waals surface area contributed by atoms with E-state index in [1.165, 1.54) is 16.7 Å². The molecule has 1 amide bonds. The van der Waals surface area contributed by atoms with E-state index in [-0.39, 0.29) is 47.2 Å². The average molecular weight is 421 g/mol. The summed E-state index contributed by atoms with van der Waals surface area (Å²) in [7, 11) is 0. The third-order valence-electron chi connectivity index (χ3n) is 4.06. The zero-order valence-electron chi connectivity index (χ0n) is 13.2. The van der Waals surface area contributed by atoms with Crippen molar-refractivity contribution in [2.24, 2.45) is 5.92 Å². The number of aromatic nitrogens is 1. The third-order valence-corrected chi connectivity index (χ3v) is 5.68. The summed E-state index contributed by atoms with van der Waals surface area (Å²) in [5.41, 5.74) is 0.895. The van der Waals surface area contributed by atoms with E-state index in [0.717, 1.165) is 10.0 Å². The van der Waals surface area contributed by atoms with Gasteiger partial charge in [0, 0.05) is 33.9 Å². The Morgan fingerprint density at radius 3 is 2.88 bits per heavy atom. The predicted molar refractivity (Wildman–Crippen MR) is 85.7 cm³/mol. The fraction of sp³-hybridized carbons (Fsp3) is 0.400. The molecule has 6 nitrogen and oxygen atoms in total. The Bertz CT molecular complexity index is 712. The van der Waals surface area contributed by atoms with Gasteiger partial charge in [-0.1, -0.05) is 0 Å². The molecule has 0 bridgehead atoms. The number of hydrogen-bond donors (Lipinski definition) is 1. The number of carboxylic acids is 1. The maximum Gasteiger partial charge on any atom is 1.00 e. The van der Waals surface area contributed by atoms with Crippen molar-refractivity contribution in [1.29, 1.82) is 0 Å². The summed E-state index contributed by atoms with van der Waals surface area (Å²) in [6.45, 7) is 1.55. The first-order valence-corrected chi connectivity index (χ1v) is 8.86. The van der Waals surface area contributed by atoms with Crippen LogP contribution in [0.1, 0.15) is 18.9 Å². The Kier molecular flexibility index (Phi) is 6.55. The average Bonchev–Trinajstić information content (AvgIpc) is 2.79. The third kappa shape index (κ3) is 3.59. The first kappa shape index (κ1) is 19.9. The molecule has 1 aromatic rings. The number of fused-ring (bicyclic) bond motifs is 1. The van der Waals surface area contributed by atoms with Gasteiger partial charge in [0.2, 0.25) is 5.91 Å². The van der Waals surface area contributed by atoms with Gasteiger partial charge >= 0.3 is 29.6 Å². The minimum absolute atomic E-state index is 0. The Morgan fingerprint density at radius 2 is 2.29 bits per heavy atom. The number of rotatable bonds is 5. The fourth-order valence-corrected chi connectivity index (χ4v) is 4.57. The van der Waals surface area contributed by atoms with Crippen molar-refractivity contribution in [1.82, 2.24) is 9.88 Å². The van der Waals surface area contributed by atoms with E-state index >= 15 is 0 Å². The van der Waals surface area contributed by atoms with E-state index in [2.05, 4.69) is 20.9 Å². The zero-order valence-corrected chi connectivity index (χ0v) is 17.6. The number of aliphatic carboxylic acids is 1. The molecule has 0 spiro atoms. The molecule has 1 N–H and O–H groups in total. The molecule has 0 saturated carbocycles. The molecule has 0 unspecified atom stereocenters. The summed E-state index contributed by atoms with van der Waals surface area (Å²) < 4.78 is 0.851. The molecule has 2 aliphatic heterocycles. The van der Waals surface area contributed by atoms with Gasteiger partial charge in [0.05, 0.1) is 29.7 Å². The van der Waals surface area contributed by atoms with Crippen LogP contribution in [-0.2, 0) is 15.3 Å². The van der Waals surface area contributed by atoms with Gasteiger partial charge in [-0.05, 0) is 34.5 Å². The minimum atomic E-state index is -1.35. The van der Waals surface area contributed by atoms with Crippen LogP contribution in [0.5, 0.6) is 0 Å². The number of aliphatic hydroxyl groups is 1. The number of carbonyl (C=O) groups excluding carboxylic acids is 2. The van der Waals surface area contributed by atoms with Gasteiger partial charge in [0.1, 0.15) is 0 Å². The summed E-state index contributed by atoms with van der Waals surface area (Å²) in [4.78, 5) is 29.5. The molecule has 1 saturated heterocycles. The smallest absolute Gasteiger partial charge is 0.543 e. The van der Waals surface area contributed by atoms with Crippen LogP contribution in [0.25, 0.3) is 0 Å². The van der Waals surface area contributed by atoms with Crippen molar-refractivity contribution in [3.05, 3.63) is 39.1 Å². The summed E-state index contributed by atoms with van der Waals surface area (Å²) in [5, 5.41) is 21.1. The molecular formula is C15H14BrN2NaO4S. The predicted octanol–water partition coefficient (Wildman–Crippen LogP) is -2.35. The molecule has 122 valence electrons. The number of pyridine rings is 1. The van der Waals surface area contributed by atoms with Gasteiger partial charge in [-0.15, -0.1) is 11.8 Å². The van der Waals surface area contributed by atoms with Crippen LogP contribution in [0, 0.1) is 5.92 Å². The number of aliphatic hydroxyl groups excluding tert-OH is 1. The van der Waals surface area contributed by atoms with Crippen molar-refractivity contribution in [2.45, 2.75) is 31.2 Å². The second-order valence-corrected chi connectivity index (χ2v) is 7.59. The molecular weight excluding hydrogens is 407 g/mol. The van der Waals surface area contributed by atoms with Crippen molar-refractivity contribution >= 4 is 39.6 Å². The molecule has 1 aromatic heterocycles. The molecule has 9 heteroatoms. The number of hydrogen-bond acceptors (Lipinski definition) is 6. The molecule has 3 rings (SSSR count). The van der Waals surface area contributed by atoms with E-state index in [9.17, 15) is 19.8 Å². The number of carboxylic acid groups (broad SMARTS) is 1. The zero-order chi connectivity index (χ0) is 16.7. The van der Waals surface area contributed by atoms with E-state index in [4.69, 9.17) is 0 Å². The van der Waals surface area contributed by atoms with Crippen LogP contribution in [0.15, 0.2) is 33.5 Å². The van der Waals surface area contributed by atoms with Crippen molar-refractivity contribution in [3.8, 4) is 0 Å². The van der Waals surface area contributed by atoms with Gasteiger partial charge in [0.25, 0.3) is 0 Å². The van der Waals surface area contributed by atoms with Crippen molar-refractivity contribution in [2.75, 3.05) is 0 Å². The second kappa shape index (κ2) is 7.88. The Hall–Kier alpha value is -0.380. The fourth-order valence-electron chi connectivity index (χ4n) is 3.05. The molecule has 24 heavy (non-hydrogen) atoms. The van der Waals surface area contributed by atoms with Gasteiger partial charge in [-0.2, -0.15) is 0 Å². The molecule has 0 aliphatic carbocycles. The molecule has 0 aromatic carbocycles. The largest absolute Gasteiger partial charge is 1.00 e. The number of halogens is 1.